The lowest BCUT2D eigenvalue weighted by Gasteiger charge is -2.36. The van der Waals surface area contributed by atoms with E-state index in [1.54, 1.807) is 0 Å². The predicted molar refractivity (Wildman–Crippen MR) is 217 cm³/mol. The number of rotatable bonds is 6. The van der Waals surface area contributed by atoms with E-state index in [-0.39, 0.29) is 6.04 Å². The number of para-hydroxylation sites is 1. The van der Waals surface area contributed by atoms with Gasteiger partial charge in [-0.3, -0.25) is 0 Å². The molecule has 1 N–H and O–H groups in total. The van der Waals surface area contributed by atoms with Gasteiger partial charge in [-0.2, -0.15) is 0 Å². The third kappa shape index (κ3) is 5.02. The van der Waals surface area contributed by atoms with Crippen LogP contribution >= 0.6 is 7.26 Å². The van der Waals surface area contributed by atoms with Crippen LogP contribution in [-0.2, 0) is 0 Å². The number of fused-ring (bicyclic) bond motifs is 6. The van der Waals surface area contributed by atoms with Crippen molar-refractivity contribution < 1.29 is 9.52 Å². The first-order chi connectivity index (χ1) is 24.9. The molecule has 0 bridgehead atoms. The Morgan fingerprint density at radius 1 is 0.745 bits per heavy atom. The van der Waals surface area contributed by atoms with Crippen LogP contribution in [0.25, 0.3) is 44.0 Å². The molecule has 1 aliphatic heterocycles. The van der Waals surface area contributed by atoms with Crippen molar-refractivity contribution in [3.63, 3.8) is 0 Å². The maximum atomic E-state index is 11.7. The molecule has 0 saturated heterocycles. The van der Waals surface area contributed by atoms with Gasteiger partial charge in [-0.1, -0.05) is 116 Å². The quantitative estimate of drug-likeness (QED) is 0.177. The summed E-state index contributed by atoms with van der Waals surface area (Å²) in [4.78, 5) is 2.38. The third-order valence-electron chi connectivity index (χ3n) is 11.1. The van der Waals surface area contributed by atoms with E-state index in [4.69, 9.17) is 4.42 Å². The highest BCUT2D eigenvalue weighted by Gasteiger charge is 2.52. The van der Waals surface area contributed by atoms with Gasteiger partial charge in [0.1, 0.15) is 35.3 Å². The summed E-state index contributed by atoms with van der Waals surface area (Å²) in [6.45, 7) is 4.25. The van der Waals surface area contributed by atoms with Crippen molar-refractivity contribution in [2.75, 3.05) is 11.9 Å². The SMILES string of the molecule is CC1C=CC=C([P+](c2ccccc2)(c2ccc(-c3ccc4c(c3)-c3c(oc5ccccc35)C(c3cccc5ccccc35)N4C)cc2)C(C)O)C1. The number of furan rings is 1. The summed E-state index contributed by atoms with van der Waals surface area (Å²) in [5.41, 5.74) is 7.98. The molecule has 2 aliphatic rings. The van der Waals surface area contributed by atoms with Crippen molar-refractivity contribution in [1.82, 2.24) is 0 Å². The first kappa shape index (κ1) is 31.7. The number of benzene rings is 6. The van der Waals surface area contributed by atoms with Crippen molar-refractivity contribution in [3.8, 4) is 22.3 Å². The summed E-state index contributed by atoms with van der Waals surface area (Å²) in [6, 6.07) is 50.2. The fourth-order valence-corrected chi connectivity index (χ4v) is 13.2. The van der Waals surface area contributed by atoms with Crippen LogP contribution in [0.15, 0.2) is 167 Å². The van der Waals surface area contributed by atoms with Gasteiger partial charge in [0.2, 0.25) is 0 Å². The molecule has 0 saturated carbocycles. The second-order valence-electron chi connectivity index (χ2n) is 14.1. The van der Waals surface area contributed by atoms with Crippen LogP contribution in [0.2, 0.25) is 0 Å². The third-order valence-corrected chi connectivity index (χ3v) is 15.7. The molecule has 9 rings (SSSR count). The summed E-state index contributed by atoms with van der Waals surface area (Å²) in [6.07, 6.45) is 7.66. The summed E-state index contributed by atoms with van der Waals surface area (Å²) in [7, 11) is -0.105. The van der Waals surface area contributed by atoms with Gasteiger partial charge in [0, 0.05) is 35.7 Å². The van der Waals surface area contributed by atoms with Gasteiger partial charge in [-0.05, 0) is 88.8 Å². The summed E-state index contributed by atoms with van der Waals surface area (Å²) in [5.74, 6) is 0.898. The highest BCUT2D eigenvalue weighted by atomic mass is 31.2. The number of aliphatic hydroxyl groups is 1. The Labute approximate surface area is 300 Å². The van der Waals surface area contributed by atoms with Gasteiger partial charge in [-0.25, -0.2) is 0 Å². The fourth-order valence-electron chi connectivity index (χ4n) is 8.70. The van der Waals surface area contributed by atoms with Gasteiger partial charge in [0.05, 0.1) is 5.31 Å². The molecule has 4 atom stereocenters. The highest BCUT2D eigenvalue weighted by molar-refractivity contribution is 7.93. The number of aliphatic hydroxyl groups excluding tert-OH is 1. The van der Waals surface area contributed by atoms with Crippen LogP contribution in [0.4, 0.5) is 5.69 Å². The molecule has 51 heavy (non-hydrogen) atoms. The Bertz CT molecular complexity index is 2470. The molecule has 0 amide bonds. The Hall–Kier alpha value is -5.21. The van der Waals surface area contributed by atoms with E-state index in [2.05, 4.69) is 177 Å². The minimum atomic E-state index is -2.29. The topological polar surface area (TPSA) is 36.6 Å². The maximum Gasteiger partial charge on any atom is 0.175 e. The van der Waals surface area contributed by atoms with Gasteiger partial charge in [-0.15, -0.1) is 0 Å². The van der Waals surface area contributed by atoms with E-state index in [0.29, 0.717) is 5.92 Å². The molecule has 2 heterocycles. The molecule has 4 heteroatoms. The summed E-state index contributed by atoms with van der Waals surface area (Å²) in [5, 5.41) is 19.1. The second-order valence-corrected chi connectivity index (χ2v) is 17.9. The molecule has 0 spiro atoms. The molecule has 1 aliphatic carbocycles. The van der Waals surface area contributed by atoms with E-state index < -0.39 is 13.1 Å². The Balaban J connectivity index is 1.17. The fraction of sp³-hybridized carbons (Fsp3) is 0.149. The summed E-state index contributed by atoms with van der Waals surface area (Å²) >= 11 is 0. The number of anilines is 1. The molecule has 0 radical (unpaired) electrons. The largest absolute Gasteiger partial charge is 0.458 e. The number of nitrogens with zero attached hydrogens (tertiary/aromatic N) is 1. The minimum Gasteiger partial charge on any atom is -0.458 e. The van der Waals surface area contributed by atoms with E-state index in [0.717, 1.165) is 34.3 Å². The van der Waals surface area contributed by atoms with E-state index >= 15 is 0 Å². The van der Waals surface area contributed by atoms with Crippen LogP contribution in [0.1, 0.15) is 37.6 Å². The maximum absolute atomic E-state index is 11.7. The first-order valence-corrected chi connectivity index (χ1v) is 19.8. The standard InChI is InChI=1S/C47H41NO2P/c1-31-13-11-18-38(29-31)51(32(2)49,36-16-5-4-6-17-36)37-26-23-33(24-27-37)35-25-28-43-42(30-35)45-41-20-9-10-22-44(41)50-47(45)46(48(43)3)40-21-12-15-34-14-7-8-19-39(34)40/h4-28,30-32,46,49H,29H2,1-3H3/q+1. The zero-order chi connectivity index (χ0) is 34.7. The van der Waals surface area contributed by atoms with Crippen LogP contribution in [-0.4, -0.2) is 18.0 Å². The minimum absolute atomic E-state index is 0.0710. The Morgan fingerprint density at radius 3 is 2.22 bits per heavy atom. The highest BCUT2D eigenvalue weighted by Crippen LogP contribution is 2.68. The van der Waals surface area contributed by atoms with Crippen LogP contribution in [0.5, 0.6) is 0 Å². The van der Waals surface area contributed by atoms with E-state index in [9.17, 15) is 5.11 Å². The molecular formula is C47H41NO2P+. The van der Waals surface area contributed by atoms with Crippen molar-refractivity contribution in [3.05, 3.63) is 174 Å². The van der Waals surface area contributed by atoms with Gasteiger partial charge >= 0.3 is 0 Å². The molecule has 250 valence electrons. The summed E-state index contributed by atoms with van der Waals surface area (Å²) < 4.78 is 6.79. The van der Waals surface area contributed by atoms with Crippen LogP contribution in [0, 0.1) is 5.92 Å². The Kier molecular flexibility index (Phi) is 7.80. The van der Waals surface area contributed by atoms with Gasteiger partial charge in [0.25, 0.3) is 0 Å². The van der Waals surface area contributed by atoms with E-state index in [1.807, 2.05) is 6.92 Å². The van der Waals surface area contributed by atoms with Crippen LogP contribution < -0.4 is 15.5 Å². The Morgan fingerprint density at radius 2 is 1.43 bits per heavy atom. The molecule has 7 aromatic rings. The zero-order valence-corrected chi connectivity index (χ0v) is 30.1. The molecule has 0 fully saturated rings. The van der Waals surface area contributed by atoms with Gasteiger partial charge < -0.3 is 14.4 Å². The molecular weight excluding hydrogens is 641 g/mol. The predicted octanol–water partition coefficient (Wildman–Crippen LogP) is 11.2. The molecule has 6 aromatic carbocycles. The number of hydrogen-bond acceptors (Lipinski definition) is 3. The average Bonchev–Trinajstić information content (AvgIpc) is 3.55. The van der Waals surface area contributed by atoms with E-state index in [1.165, 1.54) is 49.1 Å². The second kappa shape index (κ2) is 12.5. The lowest BCUT2D eigenvalue weighted by molar-refractivity contribution is 0.277. The number of hydrogen-bond donors (Lipinski definition) is 1. The zero-order valence-electron chi connectivity index (χ0n) is 29.2. The first-order valence-electron chi connectivity index (χ1n) is 17.9. The van der Waals surface area contributed by atoms with Crippen molar-refractivity contribution in [1.29, 1.82) is 0 Å². The lowest BCUT2D eigenvalue weighted by Crippen LogP contribution is -2.32. The average molecular weight is 683 g/mol. The van der Waals surface area contributed by atoms with Crippen molar-refractivity contribution in [2.24, 2.45) is 5.92 Å². The molecule has 1 aromatic heterocycles. The van der Waals surface area contributed by atoms with Crippen molar-refractivity contribution >= 4 is 45.3 Å². The lowest BCUT2D eigenvalue weighted by atomic mass is 9.86. The molecule has 4 unspecified atom stereocenters. The van der Waals surface area contributed by atoms with Crippen LogP contribution in [0.3, 0.4) is 0 Å². The number of allylic oxidation sites excluding steroid dienone is 4. The molecule has 3 nitrogen and oxygen atoms in total. The van der Waals surface area contributed by atoms with Gasteiger partial charge in [0.15, 0.2) is 5.85 Å². The smallest absolute Gasteiger partial charge is 0.175 e. The van der Waals surface area contributed by atoms with Crippen molar-refractivity contribution in [2.45, 2.75) is 32.2 Å². The normalized spacial score (nSPS) is 18.6. The monoisotopic (exact) mass is 682 g/mol.